The molecule has 1 N–H and O–H groups in total. The molecular formula is C12H23NO. The van der Waals surface area contributed by atoms with Crippen molar-refractivity contribution >= 4 is 0 Å². The molecule has 2 nitrogen and oxygen atoms in total. The topological polar surface area (TPSA) is 21.3 Å². The molecule has 2 heteroatoms. The number of hydrogen-bond acceptors (Lipinski definition) is 2. The average molecular weight is 197 g/mol. The molecule has 0 unspecified atom stereocenters. The Balaban J connectivity index is 1.66. The summed E-state index contributed by atoms with van der Waals surface area (Å²) in [6.45, 7) is 4.90. The van der Waals surface area contributed by atoms with E-state index in [1.165, 1.54) is 38.6 Å². The lowest BCUT2D eigenvalue weighted by atomic mass is 10.2. The second-order valence-electron chi connectivity index (χ2n) is 3.93. The Kier molecular flexibility index (Phi) is 6.71. The summed E-state index contributed by atoms with van der Waals surface area (Å²) >= 11 is 0. The predicted molar refractivity (Wildman–Crippen MR) is 60.5 cm³/mol. The molecule has 1 aliphatic rings. The molecule has 0 spiro atoms. The fourth-order valence-corrected chi connectivity index (χ4v) is 1.35. The van der Waals surface area contributed by atoms with E-state index in [4.69, 9.17) is 4.74 Å². The summed E-state index contributed by atoms with van der Waals surface area (Å²) in [6.07, 6.45) is 10.6. The number of rotatable bonds is 9. The van der Waals surface area contributed by atoms with Gasteiger partial charge in [-0.05, 0) is 45.6 Å². The van der Waals surface area contributed by atoms with Gasteiger partial charge >= 0.3 is 0 Å². The van der Waals surface area contributed by atoms with Crippen molar-refractivity contribution in [1.82, 2.24) is 5.32 Å². The molecule has 0 aromatic rings. The van der Waals surface area contributed by atoms with E-state index < -0.39 is 0 Å². The summed E-state index contributed by atoms with van der Waals surface area (Å²) in [5, 5.41) is 3.52. The Bertz CT molecular complexity index is 152. The van der Waals surface area contributed by atoms with Crippen molar-refractivity contribution in [1.29, 1.82) is 0 Å². The quantitative estimate of drug-likeness (QED) is 0.453. The maximum absolute atomic E-state index is 5.41. The molecule has 82 valence electrons. The molecule has 1 aliphatic carbocycles. The summed E-state index contributed by atoms with van der Waals surface area (Å²) < 4.78 is 5.41. The van der Waals surface area contributed by atoms with E-state index in [0.717, 1.165) is 19.3 Å². The number of nitrogens with one attached hydrogen (secondary N) is 1. The van der Waals surface area contributed by atoms with Crippen LogP contribution in [0.2, 0.25) is 0 Å². The zero-order chi connectivity index (χ0) is 10.1. The van der Waals surface area contributed by atoms with E-state index in [1.54, 1.807) is 0 Å². The van der Waals surface area contributed by atoms with Crippen LogP contribution >= 0.6 is 0 Å². The molecular weight excluding hydrogens is 174 g/mol. The van der Waals surface area contributed by atoms with Crippen LogP contribution < -0.4 is 5.32 Å². The van der Waals surface area contributed by atoms with E-state index >= 15 is 0 Å². The van der Waals surface area contributed by atoms with Crippen LogP contribution in [0.4, 0.5) is 0 Å². The highest BCUT2D eigenvalue weighted by atomic mass is 16.5. The molecule has 0 aliphatic heterocycles. The van der Waals surface area contributed by atoms with Gasteiger partial charge in [0.25, 0.3) is 0 Å². The Morgan fingerprint density at radius 1 is 1.29 bits per heavy atom. The minimum absolute atomic E-state index is 0.775. The van der Waals surface area contributed by atoms with Gasteiger partial charge in [0.2, 0.25) is 0 Å². The molecule has 0 amide bonds. The van der Waals surface area contributed by atoms with Gasteiger partial charge in [-0.1, -0.05) is 12.2 Å². The van der Waals surface area contributed by atoms with Crippen LogP contribution in [0.5, 0.6) is 0 Å². The van der Waals surface area contributed by atoms with Gasteiger partial charge in [0, 0.05) is 12.6 Å². The van der Waals surface area contributed by atoms with Gasteiger partial charge in [-0.25, -0.2) is 0 Å². The predicted octanol–water partition coefficient (Wildman–Crippen LogP) is 2.50. The molecule has 1 saturated carbocycles. The smallest absolute Gasteiger partial charge is 0.0647 e. The van der Waals surface area contributed by atoms with Crippen molar-refractivity contribution in [2.75, 3.05) is 19.8 Å². The van der Waals surface area contributed by atoms with Gasteiger partial charge in [0.1, 0.15) is 0 Å². The number of allylic oxidation sites excluding steroid dienone is 1. The van der Waals surface area contributed by atoms with E-state index in [1.807, 2.05) is 13.0 Å². The van der Waals surface area contributed by atoms with Crippen molar-refractivity contribution in [3.63, 3.8) is 0 Å². The van der Waals surface area contributed by atoms with Crippen LogP contribution in [0.3, 0.4) is 0 Å². The summed E-state index contributed by atoms with van der Waals surface area (Å²) in [5.41, 5.74) is 0. The summed E-state index contributed by atoms with van der Waals surface area (Å²) in [5.74, 6) is 0. The van der Waals surface area contributed by atoms with Crippen LogP contribution in [0.25, 0.3) is 0 Å². The molecule has 0 atom stereocenters. The Morgan fingerprint density at radius 2 is 2.14 bits per heavy atom. The lowest BCUT2D eigenvalue weighted by molar-refractivity contribution is 0.157. The van der Waals surface area contributed by atoms with Crippen LogP contribution in [0.15, 0.2) is 12.2 Å². The normalized spacial score (nSPS) is 16.6. The first-order valence-electron chi connectivity index (χ1n) is 5.86. The van der Waals surface area contributed by atoms with E-state index in [0.29, 0.717) is 0 Å². The van der Waals surface area contributed by atoms with Crippen molar-refractivity contribution in [3.05, 3.63) is 12.2 Å². The van der Waals surface area contributed by atoms with Crippen molar-refractivity contribution in [3.8, 4) is 0 Å². The second kappa shape index (κ2) is 8.01. The van der Waals surface area contributed by atoms with Gasteiger partial charge in [0.05, 0.1) is 6.61 Å². The van der Waals surface area contributed by atoms with Gasteiger partial charge in [-0.3, -0.25) is 0 Å². The second-order valence-corrected chi connectivity index (χ2v) is 3.93. The fourth-order valence-electron chi connectivity index (χ4n) is 1.35. The highest BCUT2D eigenvalue weighted by molar-refractivity contribution is 4.80. The zero-order valence-corrected chi connectivity index (χ0v) is 9.30. The maximum atomic E-state index is 5.41. The highest BCUT2D eigenvalue weighted by Gasteiger charge is 2.19. The number of hydrogen-bond donors (Lipinski definition) is 1. The van der Waals surface area contributed by atoms with Crippen LogP contribution in [-0.4, -0.2) is 25.8 Å². The third-order valence-electron chi connectivity index (χ3n) is 2.43. The fraction of sp³-hybridized carbons (Fsp3) is 0.833. The number of ether oxygens (including phenoxy) is 1. The van der Waals surface area contributed by atoms with Crippen molar-refractivity contribution in [2.24, 2.45) is 0 Å². The monoisotopic (exact) mass is 197 g/mol. The first kappa shape index (κ1) is 11.7. The van der Waals surface area contributed by atoms with E-state index in [2.05, 4.69) is 11.4 Å². The lowest BCUT2D eigenvalue weighted by Gasteiger charge is -2.03. The van der Waals surface area contributed by atoms with E-state index in [-0.39, 0.29) is 0 Å². The molecule has 0 bridgehead atoms. The number of unbranched alkanes of at least 4 members (excludes halogenated alkanes) is 2. The minimum atomic E-state index is 0.775. The van der Waals surface area contributed by atoms with Gasteiger partial charge in [-0.2, -0.15) is 0 Å². The van der Waals surface area contributed by atoms with Crippen LogP contribution in [0, 0.1) is 0 Å². The van der Waals surface area contributed by atoms with E-state index in [9.17, 15) is 0 Å². The molecule has 0 heterocycles. The molecule has 0 aromatic heterocycles. The molecule has 0 radical (unpaired) electrons. The third-order valence-corrected chi connectivity index (χ3v) is 2.43. The van der Waals surface area contributed by atoms with Crippen molar-refractivity contribution in [2.45, 2.75) is 45.1 Å². The summed E-state index contributed by atoms with van der Waals surface area (Å²) in [7, 11) is 0. The van der Waals surface area contributed by atoms with Gasteiger partial charge in [-0.15, -0.1) is 0 Å². The lowest BCUT2D eigenvalue weighted by Crippen LogP contribution is -2.17. The van der Waals surface area contributed by atoms with Gasteiger partial charge in [0.15, 0.2) is 0 Å². The first-order chi connectivity index (χ1) is 6.93. The summed E-state index contributed by atoms with van der Waals surface area (Å²) in [6, 6.07) is 0.862. The third kappa shape index (κ3) is 7.10. The molecule has 14 heavy (non-hydrogen) atoms. The maximum Gasteiger partial charge on any atom is 0.0647 e. The molecule has 1 fully saturated rings. The SMILES string of the molecule is CC=CCOCCCCCNC1CC1. The Hall–Kier alpha value is -0.340. The Morgan fingerprint density at radius 3 is 2.86 bits per heavy atom. The Labute approximate surface area is 87.7 Å². The molecule has 0 saturated heterocycles. The zero-order valence-electron chi connectivity index (χ0n) is 9.30. The average Bonchev–Trinajstić information content (AvgIpc) is 2.99. The standard InChI is InChI=1S/C12H23NO/c1-2-3-10-14-11-6-4-5-9-13-12-7-8-12/h2-3,12-13H,4-11H2,1H3. The van der Waals surface area contributed by atoms with Gasteiger partial charge < -0.3 is 10.1 Å². The summed E-state index contributed by atoms with van der Waals surface area (Å²) in [4.78, 5) is 0. The minimum Gasteiger partial charge on any atom is -0.377 e. The van der Waals surface area contributed by atoms with Crippen molar-refractivity contribution < 1.29 is 4.74 Å². The molecule has 1 rings (SSSR count). The first-order valence-corrected chi connectivity index (χ1v) is 5.86. The van der Waals surface area contributed by atoms with Crippen LogP contribution in [-0.2, 0) is 4.74 Å². The largest absolute Gasteiger partial charge is 0.377 e. The van der Waals surface area contributed by atoms with Crippen LogP contribution in [0.1, 0.15) is 39.0 Å². The molecule has 0 aromatic carbocycles. The highest BCUT2D eigenvalue weighted by Crippen LogP contribution is 2.18.